The number of ether oxygens (including phenoxy) is 3. The van der Waals surface area contributed by atoms with Gasteiger partial charge in [-0.3, -0.25) is 14.4 Å². The normalized spacial score (nSPS) is 47.6. The molecule has 8 atom stereocenters. The third-order valence-electron chi connectivity index (χ3n) is 9.45. The summed E-state index contributed by atoms with van der Waals surface area (Å²) in [6.07, 6.45) is 6.18. The second kappa shape index (κ2) is 7.32. The first-order chi connectivity index (χ1) is 14.1. The number of esters is 2. The Morgan fingerprint density at radius 1 is 0.933 bits per heavy atom. The summed E-state index contributed by atoms with van der Waals surface area (Å²) < 4.78 is 17.3. The van der Waals surface area contributed by atoms with Crippen LogP contribution in [-0.2, 0) is 28.6 Å². The van der Waals surface area contributed by atoms with E-state index >= 15 is 0 Å². The van der Waals surface area contributed by atoms with Crippen molar-refractivity contribution in [2.75, 3.05) is 7.11 Å². The molecule has 4 fully saturated rings. The highest BCUT2D eigenvalue weighted by Gasteiger charge is 2.69. The molecule has 30 heavy (non-hydrogen) atoms. The highest BCUT2D eigenvalue weighted by atomic mass is 16.6. The van der Waals surface area contributed by atoms with E-state index in [4.69, 9.17) is 14.2 Å². The molecule has 2 unspecified atom stereocenters. The second-order valence-electron chi connectivity index (χ2n) is 10.6. The number of rotatable bonds is 3. The van der Waals surface area contributed by atoms with Gasteiger partial charge in [-0.1, -0.05) is 13.8 Å². The van der Waals surface area contributed by atoms with Gasteiger partial charge < -0.3 is 14.2 Å². The van der Waals surface area contributed by atoms with Crippen LogP contribution in [-0.4, -0.2) is 42.6 Å². The minimum atomic E-state index is -0.881. The summed E-state index contributed by atoms with van der Waals surface area (Å²) in [6, 6.07) is 0. The molecule has 0 radical (unpaired) electrons. The van der Waals surface area contributed by atoms with Crippen LogP contribution in [0, 0.1) is 28.6 Å². The maximum Gasteiger partial charge on any atom is 0.302 e. The lowest BCUT2D eigenvalue weighted by Gasteiger charge is -2.63. The Balaban J connectivity index is 1.64. The van der Waals surface area contributed by atoms with Gasteiger partial charge >= 0.3 is 11.9 Å². The standard InChI is InChI=1S/C24H36O6/c1-14(25)29-16-8-11-23(4)19-9-10-22(3)18(6-7-21(22)30-15(2)26)17(19)12-20(27)24(23,13-16)28-5/h16-19,21H,6-13H2,1-5H3/t16-,17+,18?,19?,21+,22+,23-,24+/m1/s1. The molecule has 0 spiro atoms. The molecule has 0 aromatic rings. The van der Waals surface area contributed by atoms with Gasteiger partial charge in [0, 0.05) is 44.6 Å². The van der Waals surface area contributed by atoms with Crippen LogP contribution in [0.3, 0.4) is 0 Å². The van der Waals surface area contributed by atoms with E-state index in [1.807, 2.05) is 0 Å². The van der Waals surface area contributed by atoms with Gasteiger partial charge in [-0.05, 0) is 56.3 Å². The Labute approximate surface area is 179 Å². The molecule has 0 aromatic heterocycles. The largest absolute Gasteiger partial charge is 0.462 e. The first-order valence-corrected chi connectivity index (χ1v) is 11.5. The lowest BCUT2D eigenvalue weighted by Crippen LogP contribution is -2.68. The van der Waals surface area contributed by atoms with Crippen molar-refractivity contribution in [3.63, 3.8) is 0 Å². The zero-order chi connectivity index (χ0) is 21.9. The van der Waals surface area contributed by atoms with Crippen LogP contribution >= 0.6 is 0 Å². The number of hydrogen-bond donors (Lipinski definition) is 0. The van der Waals surface area contributed by atoms with Crippen molar-refractivity contribution in [2.24, 2.45) is 28.6 Å². The Morgan fingerprint density at radius 3 is 2.27 bits per heavy atom. The molecule has 6 nitrogen and oxygen atoms in total. The van der Waals surface area contributed by atoms with Gasteiger partial charge in [0.25, 0.3) is 0 Å². The molecule has 0 bridgehead atoms. The summed E-state index contributed by atoms with van der Waals surface area (Å²) in [5.41, 5.74) is -1.20. The molecule has 4 aliphatic rings. The Morgan fingerprint density at radius 2 is 1.63 bits per heavy atom. The van der Waals surface area contributed by atoms with Gasteiger partial charge in [-0.15, -0.1) is 0 Å². The third kappa shape index (κ3) is 2.96. The van der Waals surface area contributed by atoms with Crippen LogP contribution in [0.25, 0.3) is 0 Å². The van der Waals surface area contributed by atoms with E-state index in [9.17, 15) is 14.4 Å². The number of methoxy groups -OCH3 is 1. The predicted octanol–water partition coefficient (Wildman–Crippen LogP) is 3.84. The van der Waals surface area contributed by atoms with E-state index in [-0.39, 0.29) is 40.8 Å². The second-order valence-corrected chi connectivity index (χ2v) is 10.6. The van der Waals surface area contributed by atoms with Crippen molar-refractivity contribution in [2.45, 2.75) is 96.9 Å². The number of carbonyl (C=O) groups excluding carboxylic acids is 3. The van der Waals surface area contributed by atoms with Crippen LogP contribution in [0.1, 0.15) is 79.1 Å². The zero-order valence-corrected chi connectivity index (χ0v) is 19.0. The van der Waals surface area contributed by atoms with Crippen molar-refractivity contribution >= 4 is 17.7 Å². The van der Waals surface area contributed by atoms with E-state index in [1.54, 1.807) is 7.11 Å². The van der Waals surface area contributed by atoms with Crippen molar-refractivity contribution in [3.05, 3.63) is 0 Å². The average molecular weight is 421 g/mol. The Bertz CT molecular complexity index is 748. The number of carbonyl (C=O) groups is 3. The average Bonchev–Trinajstić information content (AvgIpc) is 2.98. The van der Waals surface area contributed by atoms with E-state index in [0.717, 1.165) is 38.5 Å². The number of ketones is 1. The molecule has 0 aliphatic heterocycles. The highest BCUT2D eigenvalue weighted by Crippen LogP contribution is 2.67. The summed E-state index contributed by atoms with van der Waals surface area (Å²) in [4.78, 5) is 36.9. The first-order valence-electron chi connectivity index (χ1n) is 11.5. The minimum Gasteiger partial charge on any atom is -0.462 e. The molecule has 0 saturated heterocycles. The van der Waals surface area contributed by atoms with E-state index in [1.165, 1.54) is 13.8 Å². The molecular weight excluding hydrogens is 384 g/mol. The van der Waals surface area contributed by atoms with Crippen LogP contribution in [0.4, 0.5) is 0 Å². The van der Waals surface area contributed by atoms with Crippen LogP contribution in [0.15, 0.2) is 0 Å². The molecular formula is C24H36O6. The zero-order valence-electron chi connectivity index (χ0n) is 19.0. The van der Waals surface area contributed by atoms with Crippen molar-refractivity contribution in [1.82, 2.24) is 0 Å². The third-order valence-corrected chi connectivity index (χ3v) is 9.45. The van der Waals surface area contributed by atoms with E-state index in [0.29, 0.717) is 30.6 Å². The molecule has 0 aromatic carbocycles. The van der Waals surface area contributed by atoms with Crippen molar-refractivity contribution in [1.29, 1.82) is 0 Å². The van der Waals surface area contributed by atoms with E-state index < -0.39 is 5.60 Å². The maximum absolute atomic E-state index is 13.7. The smallest absolute Gasteiger partial charge is 0.302 e. The summed E-state index contributed by atoms with van der Waals surface area (Å²) in [6.45, 7) is 7.41. The fraction of sp³-hybridized carbons (Fsp3) is 0.875. The maximum atomic E-state index is 13.7. The number of Topliss-reactive ketones (excluding diaryl/α,β-unsaturated/α-hetero) is 1. The topological polar surface area (TPSA) is 78.9 Å². The summed E-state index contributed by atoms with van der Waals surface area (Å²) >= 11 is 0. The molecule has 168 valence electrons. The molecule has 6 heteroatoms. The summed E-state index contributed by atoms with van der Waals surface area (Å²) in [5.74, 6) is 0.732. The van der Waals surface area contributed by atoms with E-state index in [2.05, 4.69) is 13.8 Å². The predicted molar refractivity (Wildman–Crippen MR) is 109 cm³/mol. The molecule has 0 N–H and O–H groups in total. The van der Waals surface area contributed by atoms with Gasteiger partial charge in [-0.25, -0.2) is 0 Å². The van der Waals surface area contributed by atoms with Crippen LogP contribution < -0.4 is 0 Å². The minimum absolute atomic E-state index is 0.0438. The molecule has 0 amide bonds. The fourth-order valence-electron chi connectivity index (χ4n) is 8.09. The van der Waals surface area contributed by atoms with Gasteiger partial charge in [0.1, 0.15) is 17.8 Å². The summed E-state index contributed by atoms with van der Waals surface area (Å²) in [7, 11) is 1.64. The van der Waals surface area contributed by atoms with Gasteiger partial charge in [0.15, 0.2) is 5.78 Å². The number of fused-ring (bicyclic) bond motifs is 5. The van der Waals surface area contributed by atoms with Gasteiger partial charge in [-0.2, -0.15) is 0 Å². The van der Waals surface area contributed by atoms with Crippen LogP contribution in [0.2, 0.25) is 0 Å². The van der Waals surface area contributed by atoms with Gasteiger partial charge in [0.05, 0.1) is 0 Å². The Kier molecular flexibility index (Phi) is 5.32. The first kappa shape index (κ1) is 21.8. The SMILES string of the molecule is CO[C@]12C[C@H](OC(C)=O)CC[C@]1(C)C1CC[C@@]3(C)C(CC[C@@H]3OC(C)=O)[C@@H]1CC2=O. The quantitative estimate of drug-likeness (QED) is 0.646. The fourth-order valence-corrected chi connectivity index (χ4v) is 8.09. The van der Waals surface area contributed by atoms with Crippen LogP contribution in [0.5, 0.6) is 0 Å². The Hall–Kier alpha value is -1.43. The lowest BCUT2D eigenvalue weighted by molar-refractivity contribution is -0.226. The molecule has 4 aliphatic carbocycles. The number of hydrogen-bond acceptors (Lipinski definition) is 6. The lowest BCUT2D eigenvalue weighted by atomic mass is 9.43. The molecule has 4 saturated carbocycles. The van der Waals surface area contributed by atoms with Crippen molar-refractivity contribution < 1.29 is 28.6 Å². The summed E-state index contributed by atoms with van der Waals surface area (Å²) in [5, 5.41) is 0. The van der Waals surface area contributed by atoms with Crippen molar-refractivity contribution in [3.8, 4) is 0 Å². The molecule has 0 heterocycles. The monoisotopic (exact) mass is 420 g/mol. The molecule has 4 rings (SSSR count). The highest BCUT2D eigenvalue weighted by molar-refractivity contribution is 5.90. The van der Waals surface area contributed by atoms with Gasteiger partial charge in [0.2, 0.25) is 0 Å².